The number of hydrogen-bond donors (Lipinski definition) is 1. The summed E-state index contributed by atoms with van der Waals surface area (Å²) >= 11 is 0. The summed E-state index contributed by atoms with van der Waals surface area (Å²) < 4.78 is 13.2. The summed E-state index contributed by atoms with van der Waals surface area (Å²) in [6.07, 6.45) is 4.02. The number of piperidine rings is 1. The second-order valence-corrected chi connectivity index (χ2v) is 7.55. The van der Waals surface area contributed by atoms with Crippen molar-refractivity contribution in [1.82, 2.24) is 0 Å². The summed E-state index contributed by atoms with van der Waals surface area (Å²) in [4.78, 5) is 27.0. The lowest BCUT2D eigenvalue weighted by Crippen LogP contribution is -2.35. The summed E-state index contributed by atoms with van der Waals surface area (Å²) in [7, 11) is 0. The fraction of sp³-hybridized carbons (Fsp3) is 0.364. The maximum atomic E-state index is 13.2. The van der Waals surface area contributed by atoms with Crippen molar-refractivity contribution >= 4 is 23.2 Å². The van der Waals surface area contributed by atoms with Crippen molar-refractivity contribution in [2.24, 2.45) is 0 Å². The minimum Gasteiger partial charge on any atom is -0.325 e. The standard InChI is InChI=1S/C22H23FN2O2/c1-15-5-10-18(14-19(15)25-13-3-2-4-20(25)26)24-21(27)22(11-12-22)16-6-8-17(23)9-7-16/h5-10,14H,2-4,11-13H2,1H3,(H,24,27). The van der Waals surface area contributed by atoms with Crippen LogP contribution in [-0.4, -0.2) is 18.4 Å². The number of halogens is 1. The van der Waals surface area contributed by atoms with E-state index in [0.717, 1.165) is 49.0 Å². The van der Waals surface area contributed by atoms with Gasteiger partial charge >= 0.3 is 0 Å². The first-order valence-electron chi connectivity index (χ1n) is 9.48. The number of aryl methyl sites for hydroxylation is 1. The van der Waals surface area contributed by atoms with E-state index < -0.39 is 5.41 Å². The molecular weight excluding hydrogens is 343 g/mol. The molecule has 2 aromatic rings. The Morgan fingerprint density at radius 3 is 2.52 bits per heavy atom. The van der Waals surface area contributed by atoms with Crippen LogP contribution >= 0.6 is 0 Å². The van der Waals surface area contributed by atoms with Crippen LogP contribution in [0.1, 0.15) is 43.2 Å². The third kappa shape index (κ3) is 3.34. The van der Waals surface area contributed by atoms with E-state index in [1.807, 2.05) is 30.0 Å². The highest BCUT2D eigenvalue weighted by molar-refractivity contribution is 6.02. The molecule has 0 bridgehead atoms. The molecule has 2 aromatic carbocycles. The predicted molar refractivity (Wildman–Crippen MR) is 103 cm³/mol. The Labute approximate surface area is 158 Å². The van der Waals surface area contributed by atoms with E-state index in [-0.39, 0.29) is 17.6 Å². The van der Waals surface area contributed by atoms with Gasteiger partial charge in [-0.15, -0.1) is 0 Å². The zero-order valence-corrected chi connectivity index (χ0v) is 15.4. The molecule has 0 atom stereocenters. The molecule has 4 rings (SSSR count). The van der Waals surface area contributed by atoms with E-state index in [1.54, 1.807) is 12.1 Å². The Bertz CT molecular complexity index is 888. The SMILES string of the molecule is Cc1ccc(NC(=O)C2(c3ccc(F)cc3)CC2)cc1N1CCCCC1=O. The Kier molecular flexibility index (Phi) is 4.46. The lowest BCUT2D eigenvalue weighted by molar-refractivity contribution is -0.119. The normalized spacial score (nSPS) is 18.3. The average Bonchev–Trinajstić information content (AvgIpc) is 3.46. The van der Waals surface area contributed by atoms with Crippen molar-refractivity contribution in [2.45, 2.75) is 44.4 Å². The Hall–Kier alpha value is -2.69. The Morgan fingerprint density at radius 2 is 1.85 bits per heavy atom. The van der Waals surface area contributed by atoms with E-state index in [2.05, 4.69) is 5.32 Å². The van der Waals surface area contributed by atoms with Crippen LogP contribution in [0.15, 0.2) is 42.5 Å². The second kappa shape index (κ2) is 6.80. The number of nitrogens with one attached hydrogen (secondary N) is 1. The predicted octanol–water partition coefficient (Wildman–Crippen LogP) is 4.32. The molecule has 1 aliphatic carbocycles. The van der Waals surface area contributed by atoms with Crippen LogP contribution in [0.3, 0.4) is 0 Å². The van der Waals surface area contributed by atoms with Gasteiger partial charge in [-0.2, -0.15) is 0 Å². The molecule has 1 saturated heterocycles. The summed E-state index contributed by atoms with van der Waals surface area (Å²) in [6, 6.07) is 11.9. The molecule has 27 heavy (non-hydrogen) atoms. The van der Waals surface area contributed by atoms with Crippen molar-refractivity contribution in [3.8, 4) is 0 Å². The lowest BCUT2D eigenvalue weighted by atomic mass is 9.95. The number of rotatable bonds is 4. The van der Waals surface area contributed by atoms with Crippen LogP contribution in [-0.2, 0) is 15.0 Å². The number of anilines is 2. The summed E-state index contributed by atoms with van der Waals surface area (Å²) in [5.41, 5.74) is 2.85. The van der Waals surface area contributed by atoms with Gasteiger partial charge in [-0.25, -0.2) is 4.39 Å². The molecule has 1 heterocycles. The van der Waals surface area contributed by atoms with Gasteiger partial charge in [0.25, 0.3) is 0 Å². The van der Waals surface area contributed by atoms with E-state index in [1.165, 1.54) is 12.1 Å². The van der Waals surface area contributed by atoms with Gasteiger partial charge in [-0.1, -0.05) is 18.2 Å². The Morgan fingerprint density at radius 1 is 1.11 bits per heavy atom. The minimum atomic E-state index is -0.570. The highest BCUT2D eigenvalue weighted by Crippen LogP contribution is 2.49. The number of carbonyl (C=O) groups excluding carboxylic acids is 2. The van der Waals surface area contributed by atoms with Crippen LogP contribution < -0.4 is 10.2 Å². The molecule has 0 unspecified atom stereocenters. The monoisotopic (exact) mass is 366 g/mol. The first-order valence-corrected chi connectivity index (χ1v) is 9.48. The number of hydrogen-bond acceptors (Lipinski definition) is 2. The van der Waals surface area contributed by atoms with Crippen LogP contribution in [0.2, 0.25) is 0 Å². The minimum absolute atomic E-state index is 0.0751. The molecule has 2 fully saturated rings. The highest BCUT2D eigenvalue weighted by Gasteiger charge is 2.51. The molecule has 4 nitrogen and oxygen atoms in total. The third-order valence-electron chi connectivity index (χ3n) is 5.66. The van der Waals surface area contributed by atoms with E-state index >= 15 is 0 Å². The average molecular weight is 366 g/mol. The zero-order valence-electron chi connectivity index (χ0n) is 15.4. The zero-order chi connectivity index (χ0) is 19.0. The van der Waals surface area contributed by atoms with Gasteiger partial charge in [-0.05, 0) is 68.0 Å². The van der Waals surface area contributed by atoms with Gasteiger partial charge in [0, 0.05) is 24.3 Å². The number of benzene rings is 2. The van der Waals surface area contributed by atoms with Crippen molar-refractivity contribution in [3.63, 3.8) is 0 Å². The van der Waals surface area contributed by atoms with Crippen LogP contribution in [0, 0.1) is 12.7 Å². The maximum Gasteiger partial charge on any atom is 0.235 e. The van der Waals surface area contributed by atoms with Gasteiger partial charge < -0.3 is 10.2 Å². The number of nitrogens with zero attached hydrogens (tertiary/aromatic N) is 1. The molecule has 0 aromatic heterocycles. The van der Waals surface area contributed by atoms with Crippen molar-refractivity contribution < 1.29 is 14.0 Å². The van der Waals surface area contributed by atoms with Gasteiger partial charge in [-0.3, -0.25) is 9.59 Å². The van der Waals surface area contributed by atoms with Gasteiger partial charge in [0.15, 0.2) is 0 Å². The molecule has 2 amide bonds. The fourth-order valence-electron chi connectivity index (χ4n) is 3.83. The molecule has 1 N–H and O–H groups in total. The van der Waals surface area contributed by atoms with Crippen molar-refractivity contribution in [1.29, 1.82) is 0 Å². The largest absolute Gasteiger partial charge is 0.325 e. The quantitative estimate of drug-likeness (QED) is 0.876. The lowest BCUT2D eigenvalue weighted by Gasteiger charge is -2.28. The fourth-order valence-corrected chi connectivity index (χ4v) is 3.83. The molecule has 2 aliphatic rings. The van der Waals surface area contributed by atoms with Crippen molar-refractivity contribution in [3.05, 3.63) is 59.4 Å². The highest BCUT2D eigenvalue weighted by atomic mass is 19.1. The van der Waals surface area contributed by atoms with Crippen LogP contribution in [0.5, 0.6) is 0 Å². The molecule has 5 heteroatoms. The molecule has 0 spiro atoms. The molecular formula is C22H23FN2O2. The molecule has 1 saturated carbocycles. The van der Waals surface area contributed by atoms with Crippen LogP contribution in [0.25, 0.3) is 0 Å². The molecule has 140 valence electrons. The van der Waals surface area contributed by atoms with E-state index in [4.69, 9.17) is 0 Å². The smallest absolute Gasteiger partial charge is 0.235 e. The second-order valence-electron chi connectivity index (χ2n) is 7.55. The number of amides is 2. The van der Waals surface area contributed by atoms with Gasteiger partial charge in [0.05, 0.1) is 5.41 Å². The van der Waals surface area contributed by atoms with Gasteiger partial charge in [0.2, 0.25) is 11.8 Å². The summed E-state index contributed by atoms with van der Waals surface area (Å²) in [6.45, 7) is 2.69. The van der Waals surface area contributed by atoms with E-state index in [0.29, 0.717) is 12.1 Å². The topological polar surface area (TPSA) is 49.4 Å². The Balaban J connectivity index is 1.56. The molecule has 1 aliphatic heterocycles. The van der Waals surface area contributed by atoms with Crippen LogP contribution in [0.4, 0.5) is 15.8 Å². The first kappa shape index (κ1) is 17.7. The molecule has 0 radical (unpaired) electrons. The first-order chi connectivity index (χ1) is 13.0. The maximum absolute atomic E-state index is 13.2. The number of carbonyl (C=O) groups is 2. The van der Waals surface area contributed by atoms with Gasteiger partial charge in [0.1, 0.15) is 5.82 Å². The summed E-state index contributed by atoms with van der Waals surface area (Å²) in [5.74, 6) is -0.240. The van der Waals surface area contributed by atoms with E-state index in [9.17, 15) is 14.0 Å². The summed E-state index contributed by atoms with van der Waals surface area (Å²) in [5, 5.41) is 3.01. The third-order valence-corrected chi connectivity index (χ3v) is 5.66. The van der Waals surface area contributed by atoms with Crippen molar-refractivity contribution in [2.75, 3.05) is 16.8 Å².